The lowest BCUT2D eigenvalue weighted by molar-refractivity contribution is -0.133. The maximum absolute atomic E-state index is 10.7. The number of hydrogen-bond donors (Lipinski definition) is 6. The number of phosphoric acid groups is 1. The molecule has 0 saturated heterocycles. The third-order valence-electron chi connectivity index (χ3n) is 3.29. The summed E-state index contributed by atoms with van der Waals surface area (Å²) in [6.07, 6.45) is -1.05. The standard InChI is InChI=1S/C7H12ClO6P.C7H12ClO5P/c1-4(14-15(11,12)13)3-6(8)5(2)7(9)10;1-4(14(11,12)13)3-6(8)5(2)7(9)10/h4H,3H2,1-2H3,(H,9,10)(H2,11,12,13);4H,3H2,1-2H3,(H,9,10)(H2,11,12,13). The Bertz CT molecular complexity index is 751. The van der Waals surface area contributed by atoms with Crippen molar-refractivity contribution in [2.75, 3.05) is 0 Å². The Morgan fingerprint density at radius 3 is 1.48 bits per heavy atom. The molecule has 2 unspecified atom stereocenters. The number of hydrogen-bond acceptors (Lipinski definition) is 5. The molecule has 11 nitrogen and oxygen atoms in total. The molecule has 0 aromatic rings. The molecule has 0 aromatic heterocycles. The van der Waals surface area contributed by atoms with Crippen LogP contribution in [0.25, 0.3) is 0 Å². The highest BCUT2D eigenvalue weighted by Gasteiger charge is 2.25. The minimum Gasteiger partial charge on any atom is -0.478 e. The van der Waals surface area contributed by atoms with Crippen molar-refractivity contribution in [3.63, 3.8) is 0 Å². The van der Waals surface area contributed by atoms with Crippen molar-refractivity contribution in [1.29, 1.82) is 0 Å². The fraction of sp³-hybridized carbons (Fsp3) is 0.571. The summed E-state index contributed by atoms with van der Waals surface area (Å²) in [5.74, 6) is -2.36. The molecule has 0 rings (SSSR count). The van der Waals surface area contributed by atoms with E-state index in [9.17, 15) is 18.7 Å². The zero-order chi connectivity index (χ0) is 23.7. The van der Waals surface area contributed by atoms with Crippen LogP contribution in [0.4, 0.5) is 0 Å². The summed E-state index contributed by atoms with van der Waals surface area (Å²) in [6.45, 7) is 5.29. The summed E-state index contributed by atoms with van der Waals surface area (Å²) >= 11 is 11.2. The third-order valence-corrected chi connectivity index (χ3v) is 6.13. The van der Waals surface area contributed by atoms with Crippen molar-refractivity contribution in [2.45, 2.75) is 52.3 Å². The van der Waals surface area contributed by atoms with E-state index in [0.29, 0.717) is 0 Å². The molecule has 6 N–H and O–H groups in total. The fourth-order valence-corrected chi connectivity index (χ4v) is 3.12. The van der Waals surface area contributed by atoms with Gasteiger partial charge in [-0.1, -0.05) is 30.1 Å². The molecule has 0 spiro atoms. The molecule has 0 aliphatic heterocycles. The monoisotopic (exact) mass is 500 g/mol. The van der Waals surface area contributed by atoms with E-state index in [4.69, 9.17) is 53.0 Å². The third kappa shape index (κ3) is 14.8. The average Bonchev–Trinajstić information content (AvgIpc) is 2.50. The average molecular weight is 501 g/mol. The van der Waals surface area contributed by atoms with Crippen molar-refractivity contribution >= 4 is 50.6 Å². The number of allylic oxidation sites excluding steroid dienone is 1. The first-order valence-corrected chi connectivity index (χ1v) is 11.7. The number of carboxylic acids is 2. The molecule has 0 bridgehead atoms. The van der Waals surface area contributed by atoms with E-state index in [2.05, 4.69) is 4.52 Å². The zero-order valence-electron chi connectivity index (χ0n) is 15.9. The second-order valence-electron chi connectivity index (χ2n) is 5.92. The quantitative estimate of drug-likeness (QED) is 0.200. The minimum atomic E-state index is -4.56. The van der Waals surface area contributed by atoms with Gasteiger partial charge in [-0.05, 0) is 27.2 Å². The number of halogens is 2. The molecular weight excluding hydrogens is 477 g/mol. The van der Waals surface area contributed by atoms with E-state index in [0.717, 1.165) is 0 Å². The van der Waals surface area contributed by atoms with Crippen LogP contribution in [0.15, 0.2) is 21.2 Å². The van der Waals surface area contributed by atoms with Gasteiger partial charge in [-0.25, -0.2) is 14.2 Å². The van der Waals surface area contributed by atoms with Crippen LogP contribution < -0.4 is 0 Å². The Kier molecular flexibility index (Phi) is 13.5. The van der Waals surface area contributed by atoms with Crippen LogP contribution in [0.3, 0.4) is 0 Å². The van der Waals surface area contributed by atoms with E-state index in [1.807, 2.05) is 0 Å². The lowest BCUT2D eigenvalue weighted by atomic mass is 10.2. The van der Waals surface area contributed by atoms with E-state index in [1.165, 1.54) is 27.7 Å². The molecule has 170 valence electrons. The van der Waals surface area contributed by atoms with Crippen LogP contribution in [0.2, 0.25) is 0 Å². The summed E-state index contributed by atoms with van der Waals surface area (Å²) in [6, 6.07) is 0. The SMILES string of the molecule is CC(C(=O)O)=C(Cl)CC(C)OP(=O)(O)O.CC(C(=O)O)=C(Cl)CC(C)P(=O)(O)O. The highest BCUT2D eigenvalue weighted by atomic mass is 35.5. The van der Waals surface area contributed by atoms with Gasteiger partial charge in [0.05, 0.1) is 11.8 Å². The van der Waals surface area contributed by atoms with Crippen molar-refractivity contribution in [3.05, 3.63) is 21.2 Å². The van der Waals surface area contributed by atoms with Gasteiger partial charge in [0, 0.05) is 27.6 Å². The Labute approximate surface area is 177 Å². The van der Waals surface area contributed by atoms with Gasteiger partial charge in [0.1, 0.15) is 0 Å². The number of aliphatic carboxylic acids is 2. The number of carbonyl (C=O) groups is 2. The van der Waals surface area contributed by atoms with Crippen LogP contribution in [-0.2, 0) is 23.2 Å². The maximum Gasteiger partial charge on any atom is 0.469 e. The molecule has 2 atom stereocenters. The van der Waals surface area contributed by atoms with Crippen molar-refractivity contribution < 1.29 is 53.0 Å². The number of phosphoric ester groups is 1. The molecule has 29 heavy (non-hydrogen) atoms. The summed E-state index contributed by atoms with van der Waals surface area (Å²) in [4.78, 5) is 55.3. The molecule has 0 radical (unpaired) electrons. The Balaban J connectivity index is 0. The normalized spacial score (nSPS) is 15.9. The summed E-state index contributed by atoms with van der Waals surface area (Å²) in [5, 5.41) is 17.1. The Morgan fingerprint density at radius 1 is 0.862 bits per heavy atom. The topological polar surface area (TPSA) is 199 Å². The second-order valence-corrected chi connectivity index (χ2v) is 10.1. The van der Waals surface area contributed by atoms with Crippen LogP contribution in [0, 0.1) is 0 Å². The Hall–Kier alpha value is -0.740. The van der Waals surface area contributed by atoms with Crippen molar-refractivity contribution in [2.24, 2.45) is 0 Å². The minimum absolute atomic E-state index is 0.00319. The summed E-state index contributed by atoms with van der Waals surface area (Å²) in [5.41, 5.74) is -1.13. The predicted octanol–water partition coefficient (Wildman–Crippen LogP) is 3.01. The smallest absolute Gasteiger partial charge is 0.469 e. The first-order valence-electron chi connectivity index (χ1n) is 7.75. The molecule has 0 saturated carbocycles. The lowest BCUT2D eigenvalue weighted by Crippen LogP contribution is -2.08. The van der Waals surface area contributed by atoms with Gasteiger partial charge in [0.15, 0.2) is 0 Å². The van der Waals surface area contributed by atoms with Crippen molar-refractivity contribution in [3.8, 4) is 0 Å². The van der Waals surface area contributed by atoms with Gasteiger partial charge in [0.25, 0.3) is 0 Å². The van der Waals surface area contributed by atoms with Gasteiger partial charge < -0.3 is 29.8 Å². The molecule has 0 aliphatic rings. The first kappa shape index (κ1) is 30.5. The van der Waals surface area contributed by atoms with Crippen molar-refractivity contribution in [1.82, 2.24) is 0 Å². The van der Waals surface area contributed by atoms with Crippen LogP contribution >= 0.6 is 38.6 Å². The van der Waals surface area contributed by atoms with Crippen LogP contribution in [0.1, 0.15) is 40.5 Å². The van der Waals surface area contributed by atoms with Gasteiger partial charge in [0.2, 0.25) is 0 Å². The molecule has 0 aliphatic carbocycles. The molecule has 0 aromatic carbocycles. The van der Waals surface area contributed by atoms with E-state index < -0.39 is 39.1 Å². The second kappa shape index (κ2) is 12.8. The Morgan fingerprint density at radius 2 is 1.21 bits per heavy atom. The van der Waals surface area contributed by atoms with E-state index in [1.54, 1.807) is 0 Å². The molecular formula is C14H24Cl2O11P2. The fourth-order valence-electron chi connectivity index (χ4n) is 1.44. The maximum atomic E-state index is 10.7. The zero-order valence-corrected chi connectivity index (χ0v) is 19.2. The predicted molar refractivity (Wildman–Crippen MR) is 106 cm³/mol. The number of rotatable bonds is 9. The van der Waals surface area contributed by atoms with Gasteiger partial charge >= 0.3 is 27.4 Å². The van der Waals surface area contributed by atoms with Crippen LogP contribution in [-0.4, -0.2) is 53.5 Å². The molecule has 0 fully saturated rings. The van der Waals surface area contributed by atoms with E-state index >= 15 is 0 Å². The molecule has 0 amide bonds. The highest BCUT2D eigenvalue weighted by Crippen LogP contribution is 2.44. The molecule has 15 heteroatoms. The van der Waals surface area contributed by atoms with Crippen LogP contribution in [0.5, 0.6) is 0 Å². The van der Waals surface area contributed by atoms with E-state index in [-0.39, 0.29) is 34.1 Å². The molecule has 0 heterocycles. The summed E-state index contributed by atoms with van der Waals surface area (Å²) in [7, 11) is -8.75. The van der Waals surface area contributed by atoms with Gasteiger partial charge in [-0.2, -0.15) is 0 Å². The lowest BCUT2D eigenvalue weighted by Gasteiger charge is -2.13. The van der Waals surface area contributed by atoms with Gasteiger partial charge in [-0.3, -0.25) is 9.09 Å². The number of carboxylic acid groups (broad SMARTS) is 2. The first-order chi connectivity index (χ1) is 12.8. The summed E-state index contributed by atoms with van der Waals surface area (Å²) < 4.78 is 25.4. The highest BCUT2D eigenvalue weighted by molar-refractivity contribution is 7.52. The largest absolute Gasteiger partial charge is 0.478 e. The van der Waals surface area contributed by atoms with Gasteiger partial charge in [-0.15, -0.1) is 0 Å².